The summed E-state index contributed by atoms with van der Waals surface area (Å²) in [5, 5.41) is 6.79. The second-order valence-corrected chi connectivity index (χ2v) is 7.17. The zero-order valence-electron chi connectivity index (χ0n) is 16.1. The summed E-state index contributed by atoms with van der Waals surface area (Å²) in [5.41, 5.74) is 3.50. The van der Waals surface area contributed by atoms with E-state index in [1.807, 2.05) is 35.2 Å². The second kappa shape index (κ2) is 7.16. The van der Waals surface area contributed by atoms with Crippen LogP contribution in [-0.2, 0) is 0 Å². The fourth-order valence-corrected chi connectivity index (χ4v) is 4.10. The summed E-state index contributed by atoms with van der Waals surface area (Å²) in [5.74, 6) is 2.15. The van der Waals surface area contributed by atoms with Crippen LogP contribution in [0.4, 0.5) is 0 Å². The molecule has 5 rings (SSSR count). The maximum atomic E-state index is 13.3. The minimum absolute atomic E-state index is 0.00205. The Bertz CT molecular complexity index is 1050. The molecule has 1 amide bonds. The van der Waals surface area contributed by atoms with Gasteiger partial charge in [-0.3, -0.25) is 9.89 Å². The van der Waals surface area contributed by atoms with E-state index in [-0.39, 0.29) is 18.7 Å². The number of H-pyrrole nitrogens is 1. The molecule has 0 bridgehead atoms. The number of methoxy groups -OCH3 is 1. The molecule has 7 nitrogen and oxygen atoms in total. The van der Waals surface area contributed by atoms with Crippen LogP contribution in [0.1, 0.15) is 34.8 Å². The first-order valence-corrected chi connectivity index (χ1v) is 9.62. The molecule has 1 saturated heterocycles. The molecule has 2 aromatic carbocycles. The highest BCUT2D eigenvalue weighted by atomic mass is 16.7. The number of hydrogen-bond donors (Lipinski definition) is 1. The van der Waals surface area contributed by atoms with Crippen molar-refractivity contribution >= 4 is 5.91 Å². The average Bonchev–Trinajstić information content (AvgIpc) is 3.53. The van der Waals surface area contributed by atoms with Crippen LogP contribution in [0.15, 0.2) is 48.8 Å². The SMILES string of the molecule is COc1cc(C(=O)N2CCCC2c2ccc3c(c2)OCO3)ccc1-c1cn[nH]c1. The van der Waals surface area contributed by atoms with E-state index in [0.717, 1.165) is 47.6 Å². The van der Waals surface area contributed by atoms with Gasteiger partial charge in [0.1, 0.15) is 5.75 Å². The van der Waals surface area contributed by atoms with Crippen LogP contribution in [-0.4, -0.2) is 41.5 Å². The van der Waals surface area contributed by atoms with Crippen LogP contribution < -0.4 is 14.2 Å². The first-order chi connectivity index (χ1) is 14.2. The number of rotatable bonds is 4. The minimum Gasteiger partial charge on any atom is -0.496 e. The molecule has 2 aliphatic heterocycles. The largest absolute Gasteiger partial charge is 0.496 e. The molecule has 1 N–H and O–H groups in total. The van der Waals surface area contributed by atoms with Gasteiger partial charge in [-0.05, 0) is 48.7 Å². The molecule has 148 valence electrons. The van der Waals surface area contributed by atoms with Crippen LogP contribution >= 0.6 is 0 Å². The van der Waals surface area contributed by atoms with Gasteiger partial charge < -0.3 is 19.1 Å². The zero-order valence-corrected chi connectivity index (χ0v) is 16.1. The van der Waals surface area contributed by atoms with Gasteiger partial charge in [-0.2, -0.15) is 5.10 Å². The van der Waals surface area contributed by atoms with Crippen molar-refractivity contribution in [2.75, 3.05) is 20.4 Å². The molecule has 1 atom stereocenters. The Morgan fingerprint density at radius 2 is 2.10 bits per heavy atom. The van der Waals surface area contributed by atoms with Crippen LogP contribution in [0, 0.1) is 0 Å². The molecule has 0 radical (unpaired) electrons. The highest BCUT2D eigenvalue weighted by Crippen LogP contribution is 2.40. The number of nitrogens with zero attached hydrogens (tertiary/aromatic N) is 2. The molecule has 0 spiro atoms. The summed E-state index contributed by atoms with van der Waals surface area (Å²) in [6.07, 6.45) is 5.43. The summed E-state index contributed by atoms with van der Waals surface area (Å²) in [4.78, 5) is 15.3. The van der Waals surface area contributed by atoms with E-state index in [9.17, 15) is 4.79 Å². The molecule has 1 unspecified atom stereocenters. The maximum absolute atomic E-state index is 13.3. The Labute approximate surface area is 168 Å². The summed E-state index contributed by atoms with van der Waals surface area (Å²) in [6.45, 7) is 0.971. The van der Waals surface area contributed by atoms with Crippen molar-refractivity contribution in [1.29, 1.82) is 0 Å². The van der Waals surface area contributed by atoms with Gasteiger partial charge in [-0.1, -0.05) is 6.07 Å². The Balaban J connectivity index is 1.43. The van der Waals surface area contributed by atoms with Gasteiger partial charge in [0.25, 0.3) is 5.91 Å². The number of carbonyl (C=O) groups is 1. The third-order valence-electron chi connectivity index (χ3n) is 5.55. The van der Waals surface area contributed by atoms with Gasteiger partial charge >= 0.3 is 0 Å². The van der Waals surface area contributed by atoms with Crippen LogP contribution in [0.3, 0.4) is 0 Å². The average molecular weight is 391 g/mol. The van der Waals surface area contributed by atoms with Gasteiger partial charge in [0.15, 0.2) is 11.5 Å². The fraction of sp³-hybridized carbons (Fsp3) is 0.273. The van der Waals surface area contributed by atoms with Crippen molar-refractivity contribution in [2.45, 2.75) is 18.9 Å². The summed E-state index contributed by atoms with van der Waals surface area (Å²) in [6, 6.07) is 11.5. The minimum atomic E-state index is 0.00205. The summed E-state index contributed by atoms with van der Waals surface area (Å²) >= 11 is 0. The molecule has 0 aliphatic carbocycles. The molecule has 1 aromatic heterocycles. The Morgan fingerprint density at radius 3 is 2.93 bits per heavy atom. The van der Waals surface area contributed by atoms with E-state index in [1.165, 1.54) is 0 Å². The lowest BCUT2D eigenvalue weighted by Gasteiger charge is -2.25. The number of likely N-dealkylation sites (tertiary alicyclic amines) is 1. The van der Waals surface area contributed by atoms with Crippen molar-refractivity contribution in [3.05, 3.63) is 59.9 Å². The fourth-order valence-electron chi connectivity index (χ4n) is 4.10. The summed E-state index contributed by atoms with van der Waals surface area (Å²) in [7, 11) is 1.61. The van der Waals surface area contributed by atoms with E-state index < -0.39 is 0 Å². The first-order valence-electron chi connectivity index (χ1n) is 9.62. The standard InChI is InChI=1S/C22H21N3O4/c1-27-20-10-15(4-6-17(20)16-11-23-24-12-16)22(26)25-8-2-3-18(25)14-5-7-19-21(9-14)29-13-28-19/h4-7,9-12,18H,2-3,8,13H2,1H3,(H,23,24). The van der Waals surface area contributed by atoms with Crippen molar-refractivity contribution in [3.8, 4) is 28.4 Å². The number of amides is 1. The Kier molecular flexibility index (Phi) is 4.35. The molecule has 1 fully saturated rings. The Hall–Kier alpha value is -3.48. The normalized spacial score (nSPS) is 17.6. The number of aromatic nitrogens is 2. The zero-order chi connectivity index (χ0) is 19.8. The van der Waals surface area contributed by atoms with E-state index in [1.54, 1.807) is 25.6 Å². The number of carbonyl (C=O) groups excluding carboxylic acids is 1. The van der Waals surface area contributed by atoms with Crippen molar-refractivity contribution in [1.82, 2.24) is 15.1 Å². The maximum Gasteiger partial charge on any atom is 0.254 e. The van der Waals surface area contributed by atoms with Crippen molar-refractivity contribution < 1.29 is 19.0 Å². The molecule has 3 heterocycles. The topological polar surface area (TPSA) is 76.7 Å². The van der Waals surface area contributed by atoms with Gasteiger partial charge in [0, 0.05) is 29.4 Å². The molecule has 2 aliphatic rings. The van der Waals surface area contributed by atoms with Crippen molar-refractivity contribution in [3.63, 3.8) is 0 Å². The van der Waals surface area contributed by atoms with E-state index in [4.69, 9.17) is 14.2 Å². The second-order valence-electron chi connectivity index (χ2n) is 7.17. The van der Waals surface area contributed by atoms with Crippen molar-refractivity contribution in [2.24, 2.45) is 0 Å². The lowest BCUT2D eigenvalue weighted by Crippen LogP contribution is -2.30. The highest BCUT2D eigenvalue weighted by molar-refractivity contribution is 5.96. The third kappa shape index (κ3) is 3.08. The smallest absolute Gasteiger partial charge is 0.254 e. The van der Waals surface area contributed by atoms with Crippen LogP contribution in [0.25, 0.3) is 11.1 Å². The van der Waals surface area contributed by atoms with Gasteiger partial charge in [0.05, 0.1) is 19.3 Å². The number of aromatic amines is 1. The predicted molar refractivity (Wildman–Crippen MR) is 106 cm³/mol. The highest BCUT2D eigenvalue weighted by Gasteiger charge is 2.32. The lowest BCUT2D eigenvalue weighted by molar-refractivity contribution is 0.0735. The molecular weight excluding hydrogens is 370 g/mol. The molecular formula is C22H21N3O4. The molecule has 7 heteroatoms. The van der Waals surface area contributed by atoms with Gasteiger partial charge in [-0.25, -0.2) is 0 Å². The van der Waals surface area contributed by atoms with Gasteiger partial charge in [-0.15, -0.1) is 0 Å². The molecule has 29 heavy (non-hydrogen) atoms. The summed E-state index contributed by atoms with van der Waals surface area (Å²) < 4.78 is 16.5. The van der Waals surface area contributed by atoms with Crippen LogP contribution in [0.5, 0.6) is 17.2 Å². The predicted octanol–water partition coefficient (Wildman–Crippen LogP) is 3.79. The van der Waals surface area contributed by atoms with E-state index in [0.29, 0.717) is 11.3 Å². The van der Waals surface area contributed by atoms with Crippen LogP contribution in [0.2, 0.25) is 0 Å². The van der Waals surface area contributed by atoms with Gasteiger partial charge in [0.2, 0.25) is 6.79 Å². The monoisotopic (exact) mass is 391 g/mol. The number of fused-ring (bicyclic) bond motifs is 1. The quantitative estimate of drug-likeness (QED) is 0.732. The Morgan fingerprint density at radius 1 is 1.21 bits per heavy atom. The molecule has 0 saturated carbocycles. The number of nitrogens with one attached hydrogen (secondary N) is 1. The molecule has 3 aromatic rings. The number of benzene rings is 2. The van der Waals surface area contributed by atoms with E-state index >= 15 is 0 Å². The number of hydrogen-bond acceptors (Lipinski definition) is 5. The lowest BCUT2D eigenvalue weighted by atomic mass is 10.0. The number of ether oxygens (including phenoxy) is 3. The van der Waals surface area contributed by atoms with E-state index in [2.05, 4.69) is 10.2 Å². The third-order valence-corrected chi connectivity index (χ3v) is 5.55. The first kappa shape index (κ1) is 17.6.